The summed E-state index contributed by atoms with van der Waals surface area (Å²) < 4.78 is 11.4. The predicted molar refractivity (Wildman–Crippen MR) is 79.9 cm³/mol. The minimum absolute atomic E-state index is 0.921. The summed E-state index contributed by atoms with van der Waals surface area (Å²) in [5.41, 5.74) is 1.26. The molecule has 1 rings (SSSR count). The van der Waals surface area contributed by atoms with Crippen molar-refractivity contribution in [3.05, 3.63) is 24.3 Å². The Hall–Kier alpha value is -0.843. The van der Waals surface area contributed by atoms with Gasteiger partial charge in [-0.2, -0.15) is 0 Å². The Morgan fingerprint density at radius 2 is 1.44 bits per heavy atom. The van der Waals surface area contributed by atoms with Gasteiger partial charge in [0.1, 0.15) is 0 Å². The largest absolute Gasteiger partial charge is 0.394 e. The summed E-state index contributed by atoms with van der Waals surface area (Å²) in [5, 5.41) is 1.20. The highest BCUT2D eigenvalue weighted by Gasteiger charge is 2.35. The molecule has 1 aromatic rings. The Morgan fingerprint density at radius 3 is 1.78 bits per heavy atom. The van der Waals surface area contributed by atoms with E-state index in [-0.39, 0.29) is 0 Å². The van der Waals surface area contributed by atoms with E-state index < -0.39 is 8.56 Å². The van der Waals surface area contributed by atoms with Gasteiger partial charge >= 0.3 is 8.56 Å². The minimum Gasteiger partial charge on any atom is -0.394 e. The molecule has 3 nitrogen and oxygen atoms in total. The van der Waals surface area contributed by atoms with Gasteiger partial charge in [0.05, 0.1) is 0 Å². The number of benzene rings is 1. The van der Waals surface area contributed by atoms with Crippen molar-refractivity contribution in [1.82, 2.24) is 0 Å². The van der Waals surface area contributed by atoms with Crippen molar-refractivity contribution in [1.29, 1.82) is 0 Å². The fourth-order valence-electron chi connectivity index (χ4n) is 2.33. The molecule has 0 saturated carbocycles. The topological polar surface area (TPSA) is 21.7 Å². The molecule has 0 unspecified atom stereocenters. The zero-order valence-corrected chi connectivity index (χ0v) is 13.2. The summed E-state index contributed by atoms with van der Waals surface area (Å²) in [4.78, 5) is 2.33. The summed E-state index contributed by atoms with van der Waals surface area (Å²) in [6.45, 7) is 8.53. The summed E-state index contributed by atoms with van der Waals surface area (Å²) >= 11 is 0. The second kappa shape index (κ2) is 6.92. The SMILES string of the molecule is CCN(CC)c1ccc([Si](CC)(OC)OC)cc1. The lowest BCUT2D eigenvalue weighted by atomic mass is 10.3. The van der Waals surface area contributed by atoms with Crippen molar-refractivity contribution < 1.29 is 8.85 Å². The van der Waals surface area contributed by atoms with Gasteiger partial charge < -0.3 is 13.8 Å². The summed E-state index contributed by atoms with van der Waals surface area (Å²) in [6.07, 6.45) is 0. The zero-order chi connectivity index (χ0) is 13.6. The lowest BCUT2D eigenvalue weighted by Crippen LogP contribution is -2.51. The van der Waals surface area contributed by atoms with Crippen LogP contribution in [0.1, 0.15) is 20.8 Å². The van der Waals surface area contributed by atoms with E-state index in [1.165, 1.54) is 10.9 Å². The van der Waals surface area contributed by atoms with E-state index in [4.69, 9.17) is 8.85 Å². The molecule has 0 spiro atoms. The first-order valence-electron chi connectivity index (χ1n) is 6.63. The average Bonchev–Trinajstić information content (AvgIpc) is 2.44. The number of hydrogen-bond donors (Lipinski definition) is 0. The molecule has 0 amide bonds. The van der Waals surface area contributed by atoms with Gasteiger partial charge in [-0.1, -0.05) is 19.1 Å². The second-order valence-corrected chi connectivity index (χ2v) is 7.84. The van der Waals surface area contributed by atoms with Gasteiger partial charge in [-0.15, -0.1) is 0 Å². The minimum atomic E-state index is -2.19. The van der Waals surface area contributed by atoms with Crippen molar-refractivity contribution in [2.24, 2.45) is 0 Å². The van der Waals surface area contributed by atoms with Crippen LogP contribution in [0, 0.1) is 0 Å². The van der Waals surface area contributed by atoms with Crippen molar-refractivity contribution in [3.63, 3.8) is 0 Å². The molecule has 0 radical (unpaired) electrons. The molecule has 102 valence electrons. The van der Waals surface area contributed by atoms with Crippen LogP contribution in [0.5, 0.6) is 0 Å². The third-order valence-corrected chi connectivity index (χ3v) is 7.02. The normalized spacial score (nSPS) is 11.6. The molecular weight excluding hydrogens is 242 g/mol. The van der Waals surface area contributed by atoms with E-state index in [1.807, 2.05) is 0 Å². The standard InChI is InChI=1S/C14H25NO2Si/c1-6-15(7-2)13-9-11-14(12-10-13)18(8-3,16-4)17-5/h9-12H,6-8H2,1-5H3. The lowest BCUT2D eigenvalue weighted by Gasteiger charge is -2.27. The Morgan fingerprint density at radius 1 is 0.944 bits per heavy atom. The van der Waals surface area contributed by atoms with E-state index in [1.54, 1.807) is 14.2 Å². The van der Waals surface area contributed by atoms with Crippen LogP contribution in [0.2, 0.25) is 6.04 Å². The number of anilines is 1. The van der Waals surface area contributed by atoms with Gasteiger partial charge in [0.25, 0.3) is 0 Å². The van der Waals surface area contributed by atoms with Crippen LogP contribution in [-0.4, -0.2) is 35.9 Å². The smallest absolute Gasteiger partial charge is 0.371 e. The van der Waals surface area contributed by atoms with Crippen molar-refractivity contribution in [2.75, 3.05) is 32.2 Å². The maximum absolute atomic E-state index is 5.68. The van der Waals surface area contributed by atoms with Crippen LogP contribution in [0.4, 0.5) is 5.69 Å². The number of nitrogens with zero attached hydrogens (tertiary/aromatic N) is 1. The first-order valence-corrected chi connectivity index (χ1v) is 8.65. The first kappa shape index (κ1) is 15.2. The molecule has 0 saturated heterocycles. The Bertz CT molecular complexity index is 337. The molecule has 0 aliphatic rings. The number of rotatable bonds is 7. The van der Waals surface area contributed by atoms with E-state index >= 15 is 0 Å². The summed E-state index contributed by atoms with van der Waals surface area (Å²) in [6, 6.07) is 9.55. The van der Waals surface area contributed by atoms with Gasteiger partial charge in [-0.05, 0) is 37.2 Å². The second-order valence-electron chi connectivity index (χ2n) is 4.23. The first-order chi connectivity index (χ1) is 8.67. The highest BCUT2D eigenvalue weighted by Crippen LogP contribution is 2.16. The van der Waals surface area contributed by atoms with Crippen LogP contribution < -0.4 is 10.1 Å². The Kier molecular flexibility index (Phi) is 5.85. The maximum atomic E-state index is 5.68. The Balaban J connectivity index is 3.00. The molecule has 0 fully saturated rings. The average molecular weight is 267 g/mol. The molecule has 0 atom stereocenters. The fraction of sp³-hybridized carbons (Fsp3) is 0.571. The molecular formula is C14H25NO2Si. The highest BCUT2D eigenvalue weighted by atomic mass is 28.4. The molecule has 0 bridgehead atoms. The van der Waals surface area contributed by atoms with Crippen molar-refractivity contribution in [3.8, 4) is 0 Å². The van der Waals surface area contributed by atoms with Gasteiger partial charge in [0, 0.05) is 33.0 Å². The predicted octanol–water partition coefficient (Wildman–Crippen LogP) is 2.49. The molecule has 0 aliphatic carbocycles. The van der Waals surface area contributed by atoms with Crippen LogP contribution in [0.15, 0.2) is 24.3 Å². The third kappa shape index (κ3) is 2.94. The number of hydrogen-bond acceptors (Lipinski definition) is 3. The van der Waals surface area contributed by atoms with Gasteiger partial charge in [0.2, 0.25) is 0 Å². The highest BCUT2D eigenvalue weighted by molar-refractivity contribution is 6.81. The zero-order valence-electron chi connectivity index (χ0n) is 12.2. The third-order valence-electron chi connectivity index (χ3n) is 3.56. The molecule has 1 aromatic carbocycles. The monoisotopic (exact) mass is 267 g/mol. The molecule has 18 heavy (non-hydrogen) atoms. The quantitative estimate of drug-likeness (QED) is 0.709. The molecule has 4 heteroatoms. The van der Waals surface area contributed by atoms with E-state index in [0.29, 0.717) is 0 Å². The fourth-order valence-corrected chi connectivity index (χ4v) is 4.62. The lowest BCUT2D eigenvalue weighted by molar-refractivity contribution is 0.259. The van der Waals surface area contributed by atoms with Gasteiger partial charge in [-0.25, -0.2) is 0 Å². The van der Waals surface area contributed by atoms with E-state index in [2.05, 4.69) is 49.9 Å². The summed E-state index contributed by atoms with van der Waals surface area (Å²) in [7, 11) is 1.30. The maximum Gasteiger partial charge on any atom is 0.371 e. The van der Waals surface area contributed by atoms with Crippen LogP contribution in [0.25, 0.3) is 0 Å². The van der Waals surface area contributed by atoms with E-state index in [0.717, 1.165) is 19.1 Å². The molecule has 0 N–H and O–H groups in total. The molecule has 0 aromatic heterocycles. The van der Waals surface area contributed by atoms with Crippen LogP contribution in [0.3, 0.4) is 0 Å². The van der Waals surface area contributed by atoms with Crippen molar-refractivity contribution >= 4 is 19.4 Å². The van der Waals surface area contributed by atoms with E-state index in [9.17, 15) is 0 Å². The van der Waals surface area contributed by atoms with Gasteiger partial charge in [0.15, 0.2) is 0 Å². The van der Waals surface area contributed by atoms with Crippen molar-refractivity contribution in [2.45, 2.75) is 26.8 Å². The van der Waals surface area contributed by atoms with Crippen LogP contribution in [-0.2, 0) is 8.85 Å². The summed E-state index contributed by atoms with van der Waals surface area (Å²) in [5.74, 6) is 0. The van der Waals surface area contributed by atoms with Crippen LogP contribution >= 0.6 is 0 Å². The van der Waals surface area contributed by atoms with Gasteiger partial charge in [-0.3, -0.25) is 0 Å². The molecule has 0 heterocycles. The molecule has 0 aliphatic heterocycles. The Labute approximate surface area is 112 Å².